The van der Waals surface area contributed by atoms with Crippen LogP contribution in [-0.2, 0) is 6.18 Å². The van der Waals surface area contributed by atoms with Crippen molar-refractivity contribution in [3.05, 3.63) is 53.1 Å². The Morgan fingerprint density at radius 2 is 2.09 bits per heavy atom. The SMILES string of the molecule is CCC(CC(N)c1ccc(Cl)c(C(F)(F)F)c1)n1ccnc1. The Kier molecular flexibility index (Phi) is 5.13. The molecule has 0 fully saturated rings. The van der Waals surface area contributed by atoms with Crippen LogP contribution in [0.2, 0.25) is 5.02 Å². The summed E-state index contributed by atoms with van der Waals surface area (Å²) in [6.45, 7) is 2.00. The van der Waals surface area contributed by atoms with Crippen LogP contribution in [0.15, 0.2) is 36.9 Å². The first-order chi connectivity index (χ1) is 10.3. The van der Waals surface area contributed by atoms with Crippen LogP contribution in [0.25, 0.3) is 0 Å². The molecule has 22 heavy (non-hydrogen) atoms. The van der Waals surface area contributed by atoms with E-state index in [2.05, 4.69) is 4.98 Å². The molecule has 0 amide bonds. The topological polar surface area (TPSA) is 43.8 Å². The number of nitrogens with zero attached hydrogens (tertiary/aromatic N) is 2. The van der Waals surface area contributed by atoms with Gasteiger partial charge in [-0.1, -0.05) is 24.6 Å². The van der Waals surface area contributed by atoms with E-state index in [0.29, 0.717) is 12.0 Å². The van der Waals surface area contributed by atoms with Crippen molar-refractivity contribution in [3.8, 4) is 0 Å². The maximum atomic E-state index is 12.9. The lowest BCUT2D eigenvalue weighted by Crippen LogP contribution is -2.18. The number of imidazole rings is 1. The van der Waals surface area contributed by atoms with Gasteiger partial charge in [0.25, 0.3) is 0 Å². The summed E-state index contributed by atoms with van der Waals surface area (Å²) in [5.41, 5.74) is 5.67. The molecular formula is C15H17ClF3N3. The minimum atomic E-state index is -4.48. The van der Waals surface area contributed by atoms with E-state index in [1.165, 1.54) is 6.07 Å². The third kappa shape index (κ3) is 3.81. The van der Waals surface area contributed by atoms with Crippen LogP contribution in [0.4, 0.5) is 13.2 Å². The normalized spacial score (nSPS) is 14.8. The Hall–Kier alpha value is -1.53. The molecule has 0 saturated heterocycles. The van der Waals surface area contributed by atoms with Crippen molar-refractivity contribution in [3.63, 3.8) is 0 Å². The van der Waals surface area contributed by atoms with Gasteiger partial charge in [-0.05, 0) is 30.5 Å². The van der Waals surface area contributed by atoms with Gasteiger partial charge in [-0.15, -0.1) is 0 Å². The third-order valence-corrected chi connectivity index (χ3v) is 4.00. The van der Waals surface area contributed by atoms with Crippen LogP contribution < -0.4 is 5.73 Å². The van der Waals surface area contributed by atoms with E-state index in [1.54, 1.807) is 18.6 Å². The van der Waals surface area contributed by atoms with Gasteiger partial charge in [-0.2, -0.15) is 13.2 Å². The second-order valence-corrected chi connectivity index (χ2v) is 5.56. The summed E-state index contributed by atoms with van der Waals surface area (Å²) in [5.74, 6) is 0. The summed E-state index contributed by atoms with van der Waals surface area (Å²) in [6, 6.07) is 3.40. The average molecular weight is 332 g/mol. The molecule has 0 bridgehead atoms. The van der Waals surface area contributed by atoms with E-state index in [0.717, 1.165) is 12.5 Å². The maximum Gasteiger partial charge on any atom is 0.417 e. The summed E-state index contributed by atoms with van der Waals surface area (Å²) >= 11 is 5.63. The summed E-state index contributed by atoms with van der Waals surface area (Å²) in [6.07, 6.45) is 2.02. The van der Waals surface area contributed by atoms with Gasteiger partial charge < -0.3 is 10.3 Å². The molecule has 0 aliphatic rings. The van der Waals surface area contributed by atoms with Crippen molar-refractivity contribution in [1.82, 2.24) is 9.55 Å². The number of benzene rings is 1. The van der Waals surface area contributed by atoms with Gasteiger partial charge in [0.05, 0.1) is 16.9 Å². The van der Waals surface area contributed by atoms with Crippen molar-refractivity contribution >= 4 is 11.6 Å². The largest absolute Gasteiger partial charge is 0.417 e. The smallest absolute Gasteiger partial charge is 0.334 e. The first-order valence-electron chi connectivity index (χ1n) is 6.92. The van der Waals surface area contributed by atoms with E-state index >= 15 is 0 Å². The fourth-order valence-electron chi connectivity index (χ4n) is 2.40. The number of halogens is 4. The van der Waals surface area contributed by atoms with Crippen LogP contribution in [-0.4, -0.2) is 9.55 Å². The van der Waals surface area contributed by atoms with Gasteiger partial charge in [0, 0.05) is 24.5 Å². The Labute approximate surface area is 131 Å². The van der Waals surface area contributed by atoms with E-state index in [-0.39, 0.29) is 11.1 Å². The number of alkyl halides is 3. The van der Waals surface area contributed by atoms with Gasteiger partial charge in [-0.25, -0.2) is 4.98 Å². The Bertz CT molecular complexity index is 611. The van der Waals surface area contributed by atoms with Gasteiger partial charge in [0.1, 0.15) is 0 Å². The predicted molar refractivity (Wildman–Crippen MR) is 79.6 cm³/mol. The molecule has 2 aromatic rings. The van der Waals surface area contributed by atoms with E-state index in [4.69, 9.17) is 17.3 Å². The number of aromatic nitrogens is 2. The van der Waals surface area contributed by atoms with E-state index in [9.17, 15) is 13.2 Å². The molecule has 2 rings (SSSR count). The first-order valence-corrected chi connectivity index (χ1v) is 7.30. The minimum absolute atomic E-state index is 0.0857. The molecule has 1 heterocycles. The second-order valence-electron chi connectivity index (χ2n) is 5.15. The Morgan fingerprint density at radius 3 is 2.64 bits per heavy atom. The molecule has 2 N–H and O–H groups in total. The van der Waals surface area contributed by atoms with Crippen molar-refractivity contribution in [1.29, 1.82) is 0 Å². The average Bonchev–Trinajstić information content (AvgIpc) is 2.97. The van der Waals surface area contributed by atoms with Crippen molar-refractivity contribution < 1.29 is 13.2 Å². The molecular weight excluding hydrogens is 315 g/mol. The van der Waals surface area contributed by atoms with Crippen molar-refractivity contribution in [2.45, 2.75) is 38.0 Å². The van der Waals surface area contributed by atoms with Crippen LogP contribution in [0, 0.1) is 0 Å². The molecule has 0 aliphatic carbocycles. The standard InChI is InChI=1S/C15H17ClF3N3/c1-2-11(22-6-5-21-9-22)8-14(20)10-3-4-13(16)12(7-10)15(17,18)19/h3-7,9,11,14H,2,8,20H2,1H3. The Balaban J connectivity index is 2.21. The molecule has 2 unspecified atom stereocenters. The molecule has 3 nitrogen and oxygen atoms in total. The number of rotatable bonds is 5. The monoisotopic (exact) mass is 331 g/mol. The van der Waals surface area contributed by atoms with E-state index < -0.39 is 17.8 Å². The molecule has 1 aromatic heterocycles. The van der Waals surface area contributed by atoms with Crippen LogP contribution in [0.1, 0.15) is 43.0 Å². The van der Waals surface area contributed by atoms with Crippen LogP contribution in [0.3, 0.4) is 0 Å². The summed E-state index contributed by atoms with van der Waals surface area (Å²) in [7, 11) is 0. The highest BCUT2D eigenvalue weighted by molar-refractivity contribution is 6.31. The highest BCUT2D eigenvalue weighted by atomic mass is 35.5. The highest BCUT2D eigenvalue weighted by Gasteiger charge is 2.33. The minimum Gasteiger partial charge on any atom is -0.334 e. The Morgan fingerprint density at radius 1 is 1.36 bits per heavy atom. The number of nitrogens with two attached hydrogens (primary N) is 1. The first kappa shape index (κ1) is 16.8. The molecule has 0 aliphatic heterocycles. The van der Waals surface area contributed by atoms with Gasteiger partial charge in [-0.3, -0.25) is 0 Å². The number of hydrogen-bond acceptors (Lipinski definition) is 2. The quantitative estimate of drug-likeness (QED) is 0.870. The van der Waals surface area contributed by atoms with Gasteiger partial charge in [0.15, 0.2) is 0 Å². The fourth-order valence-corrected chi connectivity index (χ4v) is 2.63. The lowest BCUT2D eigenvalue weighted by Gasteiger charge is -2.22. The lowest BCUT2D eigenvalue weighted by atomic mass is 9.97. The maximum absolute atomic E-state index is 12.9. The van der Waals surface area contributed by atoms with Crippen LogP contribution >= 0.6 is 11.6 Å². The molecule has 2 atom stereocenters. The highest BCUT2D eigenvalue weighted by Crippen LogP contribution is 2.36. The zero-order chi connectivity index (χ0) is 16.3. The van der Waals surface area contributed by atoms with Crippen molar-refractivity contribution in [2.75, 3.05) is 0 Å². The summed E-state index contributed by atoms with van der Waals surface area (Å²) in [4.78, 5) is 3.99. The fraction of sp³-hybridized carbons (Fsp3) is 0.400. The van der Waals surface area contributed by atoms with Gasteiger partial charge in [0.2, 0.25) is 0 Å². The van der Waals surface area contributed by atoms with E-state index in [1.807, 2.05) is 17.7 Å². The molecule has 120 valence electrons. The predicted octanol–water partition coefficient (Wildman–Crippen LogP) is 4.60. The second kappa shape index (κ2) is 6.71. The molecule has 0 spiro atoms. The van der Waals surface area contributed by atoms with Crippen molar-refractivity contribution in [2.24, 2.45) is 5.73 Å². The third-order valence-electron chi connectivity index (χ3n) is 3.67. The molecule has 1 aromatic carbocycles. The molecule has 0 radical (unpaired) electrons. The zero-order valence-electron chi connectivity index (χ0n) is 12.0. The lowest BCUT2D eigenvalue weighted by molar-refractivity contribution is -0.137. The summed E-state index contributed by atoms with van der Waals surface area (Å²) < 4.78 is 40.6. The molecule has 0 saturated carbocycles. The van der Waals surface area contributed by atoms with Crippen LogP contribution in [0.5, 0.6) is 0 Å². The zero-order valence-corrected chi connectivity index (χ0v) is 12.8. The van der Waals surface area contributed by atoms with Gasteiger partial charge >= 0.3 is 6.18 Å². The number of hydrogen-bond donors (Lipinski definition) is 1. The molecule has 7 heteroatoms. The summed E-state index contributed by atoms with van der Waals surface area (Å²) in [5, 5.41) is -0.315.